The van der Waals surface area contributed by atoms with Crippen LogP contribution in [0.2, 0.25) is 0 Å². The summed E-state index contributed by atoms with van der Waals surface area (Å²) in [5, 5.41) is 1.04. The molecule has 1 fully saturated rings. The molecule has 2 heterocycles. The lowest BCUT2D eigenvalue weighted by Gasteiger charge is -2.34. The fourth-order valence-corrected chi connectivity index (χ4v) is 3.57. The van der Waals surface area contributed by atoms with Crippen LogP contribution in [-0.4, -0.2) is 36.6 Å². The molecule has 0 bridgehead atoms. The van der Waals surface area contributed by atoms with E-state index in [-0.39, 0.29) is 11.9 Å². The van der Waals surface area contributed by atoms with E-state index in [0.717, 1.165) is 27.1 Å². The third-order valence-electron chi connectivity index (χ3n) is 3.71. The molecule has 3 rings (SSSR count). The first-order valence-electron chi connectivity index (χ1n) is 6.87. The van der Waals surface area contributed by atoms with Crippen molar-refractivity contribution in [3.8, 4) is 0 Å². The highest BCUT2D eigenvalue weighted by Crippen LogP contribution is 2.29. The summed E-state index contributed by atoms with van der Waals surface area (Å²) in [5.74, 6) is 0.111. The monoisotopic (exact) mass is 290 g/mol. The Morgan fingerprint density at radius 1 is 1.50 bits per heavy atom. The lowest BCUT2D eigenvalue weighted by molar-refractivity contribution is -0.00253. The third-order valence-corrected chi connectivity index (χ3v) is 4.81. The molecule has 1 aliphatic rings. The highest BCUT2D eigenvalue weighted by atomic mass is 32.1. The predicted octanol–water partition coefficient (Wildman–Crippen LogP) is 2.73. The molecule has 20 heavy (non-hydrogen) atoms. The van der Waals surface area contributed by atoms with Crippen molar-refractivity contribution in [3.05, 3.63) is 29.1 Å². The number of nitrogen functional groups attached to an aromatic ring is 1. The van der Waals surface area contributed by atoms with Crippen LogP contribution in [0, 0.1) is 0 Å². The summed E-state index contributed by atoms with van der Waals surface area (Å²) in [5.41, 5.74) is 6.52. The van der Waals surface area contributed by atoms with E-state index in [9.17, 15) is 4.79 Å². The van der Waals surface area contributed by atoms with Crippen LogP contribution in [-0.2, 0) is 4.74 Å². The van der Waals surface area contributed by atoms with Gasteiger partial charge in [0.1, 0.15) is 0 Å². The fourth-order valence-electron chi connectivity index (χ4n) is 2.57. The van der Waals surface area contributed by atoms with Crippen LogP contribution >= 0.6 is 11.3 Å². The number of anilines is 1. The first kappa shape index (κ1) is 13.4. The Kier molecular flexibility index (Phi) is 3.63. The highest BCUT2D eigenvalue weighted by Gasteiger charge is 2.27. The molecule has 5 heteroatoms. The molecule has 1 amide bonds. The van der Waals surface area contributed by atoms with Gasteiger partial charge in [-0.05, 0) is 36.1 Å². The third kappa shape index (κ3) is 2.39. The Morgan fingerprint density at radius 3 is 3.15 bits per heavy atom. The molecule has 1 atom stereocenters. The van der Waals surface area contributed by atoms with Gasteiger partial charge in [0.05, 0.1) is 24.1 Å². The highest BCUT2D eigenvalue weighted by molar-refractivity contribution is 7.20. The molecule has 2 aromatic rings. The number of hydrogen-bond acceptors (Lipinski definition) is 4. The number of carbonyl (C=O) groups is 1. The second-order valence-corrected chi connectivity index (χ2v) is 6.13. The smallest absolute Gasteiger partial charge is 0.264 e. The van der Waals surface area contributed by atoms with Crippen LogP contribution in [0.15, 0.2) is 24.3 Å². The van der Waals surface area contributed by atoms with E-state index >= 15 is 0 Å². The van der Waals surface area contributed by atoms with Crippen LogP contribution in [0.4, 0.5) is 5.69 Å². The molecule has 1 unspecified atom stereocenters. The number of benzene rings is 1. The maximum absolute atomic E-state index is 12.7. The van der Waals surface area contributed by atoms with E-state index in [1.54, 1.807) is 0 Å². The standard InChI is InChI=1S/C15H18N2O2S/c1-2-12-9-19-6-5-17(12)15(18)14-8-10-7-11(16)3-4-13(10)20-14/h3-4,7-8,12H,2,5-6,9,16H2,1H3. The molecule has 4 nitrogen and oxygen atoms in total. The van der Waals surface area contributed by atoms with Gasteiger partial charge in [0.2, 0.25) is 0 Å². The van der Waals surface area contributed by atoms with Crippen LogP contribution in [0.1, 0.15) is 23.0 Å². The Balaban J connectivity index is 1.91. The Hall–Kier alpha value is -1.59. The van der Waals surface area contributed by atoms with Crippen molar-refractivity contribution in [2.75, 3.05) is 25.5 Å². The van der Waals surface area contributed by atoms with Crippen molar-refractivity contribution < 1.29 is 9.53 Å². The summed E-state index contributed by atoms with van der Waals surface area (Å²) < 4.78 is 6.56. The average molecular weight is 290 g/mol. The van der Waals surface area contributed by atoms with E-state index in [2.05, 4.69) is 6.92 Å². The zero-order chi connectivity index (χ0) is 14.1. The van der Waals surface area contributed by atoms with Gasteiger partial charge in [-0.2, -0.15) is 0 Å². The lowest BCUT2D eigenvalue weighted by Crippen LogP contribution is -2.48. The maximum atomic E-state index is 12.7. The van der Waals surface area contributed by atoms with Crippen molar-refractivity contribution in [1.82, 2.24) is 4.90 Å². The SMILES string of the molecule is CCC1COCCN1C(=O)c1cc2cc(N)ccc2s1. The normalized spacial score (nSPS) is 19.4. The second kappa shape index (κ2) is 5.42. The number of carbonyl (C=O) groups excluding carboxylic acids is 1. The van der Waals surface area contributed by atoms with Crippen molar-refractivity contribution in [2.45, 2.75) is 19.4 Å². The van der Waals surface area contributed by atoms with Crippen molar-refractivity contribution in [3.63, 3.8) is 0 Å². The van der Waals surface area contributed by atoms with Crippen molar-refractivity contribution >= 4 is 33.0 Å². The van der Waals surface area contributed by atoms with Crippen LogP contribution in [0.5, 0.6) is 0 Å². The number of hydrogen-bond donors (Lipinski definition) is 1. The minimum Gasteiger partial charge on any atom is -0.399 e. The van der Waals surface area contributed by atoms with Crippen LogP contribution in [0.3, 0.4) is 0 Å². The first-order valence-corrected chi connectivity index (χ1v) is 7.68. The van der Waals surface area contributed by atoms with Gasteiger partial charge in [0.25, 0.3) is 5.91 Å². The van der Waals surface area contributed by atoms with Gasteiger partial charge in [0.15, 0.2) is 0 Å². The van der Waals surface area contributed by atoms with Gasteiger partial charge >= 0.3 is 0 Å². The summed E-state index contributed by atoms with van der Waals surface area (Å²) in [6, 6.07) is 7.89. The molecule has 1 aromatic heterocycles. The maximum Gasteiger partial charge on any atom is 0.264 e. The number of nitrogens with two attached hydrogens (primary N) is 1. The van der Waals surface area contributed by atoms with Gasteiger partial charge in [-0.25, -0.2) is 0 Å². The lowest BCUT2D eigenvalue weighted by atomic mass is 10.1. The Bertz CT molecular complexity index is 638. The molecular weight excluding hydrogens is 272 g/mol. The van der Waals surface area contributed by atoms with Gasteiger partial charge < -0.3 is 15.4 Å². The molecule has 1 saturated heterocycles. The molecule has 1 aromatic carbocycles. The van der Waals surface area contributed by atoms with Gasteiger partial charge in [-0.3, -0.25) is 4.79 Å². The van der Waals surface area contributed by atoms with E-state index < -0.39 is 0 Å². The Labute approximate surface area is 122 Å². The molecule has 2 N–H and O–H groups in total. The molecule has 1 aliphatic heterocycles. The molecule has 0 aliphatic carbocycles. The van der Waals surface area contributed by atoms with E-state index in [4.69, 9.17) is 10.5 Å². The number of morpholine rings is 1. The number of amides is 1. The van der Waals surface area contributed by atoms with E-state index in [1.807, 2.05) is 29.2 Å². The van der Waals surface area contributed by atoms with Crippen LogP contribution in [0.25, 0.3) is 10.1 Å². The average Bonchev–Trinajstić information content (AvgIpc) is 2.89. The number of thiophene rings is 1. The number of ether oxygens (including phenoxy) is 1. The van der Waals surface area contributed by atoms with Crippen LogP contribution < -0.4 is 5.73 Å². The zero-order valence-corrected chi connectivity index (χ0v) is 12.3. The number of rotatable bonds is 2. The molecule has 0 radical (unpaired) electrons. The summed E-state index contributed by atoms with van der Waals surface area (Å²) in [4.78, 5) is 15.4. The first-order chi connectivity index (χ1) is 9.69. The molecule has 106 valence electrons. The molecular formula is C15H18N2O2S. The topological polar surface area (TPSA) is 55.6 Å². The van der Waals surface area contributed by atoms with E-state index in [1.165, 1.54) is 11.3 Å². The van der Waals surface area contributed by atoms with Gasteiger partial charge in [0, 0.05) is 16.9 Å². The van der Waals surface area contributed by atoms with Crippen molar-refractivity contribution in [2.24, 2.45) is 0 Å². The summed E-state index contributed by atoms with van der Waals surface area (Å²) >= 11 is 1.53. The minimum absolute atomic E-state index is 0.111. The number of nitrogens with zero attached hydrogens (tertiary/aromatic N) is 1. The number of fused-ring (bicyclic) bond motifs is 1. The second-order valence-electron chi connectivity index (χ2n) is 5.04. The molecule has 0 spiro atoms. The summed E-state index contributed by atoms with van der Waals surface area (Å²) in [7, 11) is 0. The minimum atomic E-state index is 0.111. The summed E-state index contributed by atoms with van der Waals surface area (Å²) in [6.45, 7) is 4.03. The van der Waals surface area contributed by atoms with E-state index in [0.29, 0.717) is 19.8 Å². The molecule has 0 saturated carbocycles. The Morgan fingerprint density at radius 2 is 2.35 bits per heavy atom. The fraction of sp³-hybridized carbons (Fsp3) is 0.400. The van der Waals surface area contributed by atoms with Crippen molar-refractivity contribution in [1.29, 1.82) is 0 Å². The van der Waals surface area contributed by atoms with Gasteiger partial charge in [-0.15, -0.1) is 11.3 Å². The summed E-state index contributed by atoms with van der Waals surface area (Å²) in [6.07, 6.45) is 0.920. The quantitative estimate of drug-likeness (QED) is 0.865. The predicted molar refractivity (Wildman–Crippen MR) is 82.2 cm³/mol. The zero-order valence-electron chi connectivity index (χ0n) is 11.5. The largest absolute Gasteiger partial charge is 0.399 e. The van der Waals surface area contributed by atoms with Gasteiger partial charge in [-0.1, -0.05) is 6.92 Å².